The van der Waals surface area contributed by atoms with Crippen molar-refractivity contribution in [2.75, 3.05) is 30.4 Å². The van der Waals surface area contributed by atoms with Crippen molar-refractivity contribution in [3.63, 3.8) is 0 Å². The van der Waals surface area contributed by atoms with Crippen LogP contribution in [-0.2, 0) is 6.42 Å². The highest BCUT2D eigenvalue weighted by Crippen LogP contribution is 2.29. The molecule has 2 N–H and O–H groups in total. The predicted molar refractivity (Wildman–Crippen MR) is 52.7 cm³/mol. The summed E-state index contributed by atoms with van der Waals surface area (Å²) in [5, 5.41) is 0. The molecule has 13 heavy (non-hydrogen) atoms. The number of halogens is 1. The first kappa shape index (κ1) is 8.35. The summed E-state index contributed by atoms with van der Waals surface area (Å²) in [5.41, 5.74) is 8.81. The Balaban J connectivity index is 2.29. The Morgan fingerprint density at radius 3 is 3.08 bits per heavy atom. The second kappa shape index (κ2) is 3.24. The van der Waals surface area contributed by atoms with Gasteiger partial charge in [-0.25, -0.2) is 4.39 Å². The summed E-state index contributed by atoms with van der Waals surface area (Å²) in [4.78, 5) is 2.05. The number of rotatable bonds is 2. The van der Waals surface area contributed by atoms with Crippen LogP contribution in [0.3, 0.4) is 0 Å². The second-order valence-corrected chi connectivity index (χ2v) is 3.31. The lowest BCUT2D eigenvalue weighted by Gasteiger charge is -2.17. The maximum absolute atomic E-state index is 12.2. The van der Waals surface area contributed by atoms with Crippen LogP contribution in [0.15, 0.2) is 18.2 Å². The van der Waals surface area contributed by atoms with Gasteiger partial charge in [-0.2, -0.15) is 0 Å². The number of nitrogen functional groups attached to an aromatic ring is 1. The average Bonchev–Trinajstić information content (AvgIpc) is 2.49. The van der Waals surface area contributed by atoms with Crippen LogP contribution in [0.5, 0.6) is 0 Å². The highest BCUT2D eigenvalue weighted by Gasteiger charge is 2.18. The molecule has 0 saturated heterocycles. The van der Waals surface area contributed by atoms with Gasteiger partial charge in [-0.1, -0.05) is 6.07 Å². The van der Waals surface area contributed by atoms with Crippen molar-refractivity contribution in [2.45, 2.75) is 6.42 Å². The smallest absolute Gasteiger partial charge is 0.107 e. The Morgan fingerprint density at radius 2 is 2.31 bits per heavy atom. The standard InChI is InChI=1S/C10H13FN2/c11-4-6-13-5-3-8-1-2-9(12)7-10(8)13/h1-2,7H,3-6,12H2. The summed E-state index contributed by atoms with van der Waals surface area (Å²) in [6, 6.07) is 5.86. The van der Waals surface area contributed by atoms with E-state index >= 15 is 0 Å². The van der Waals surface area contributed by atoms with Gasteiger partial charge in [0.1, 0.15) is 6.67 Å². The molecule has 0 aromatic heterocycles. The van der Waals surface area contributed by atoms with Crippen LogP contribution in [0.2, 0.25) is 0 Å². The molecule has 0 fully saturated rings. The molecule has 1 aliphatic rings. The lowest BCUT2D eigenvalue weighted by atomic mass is 10.1. The molecule has 0 radical (unpaired) electrons. The Morgan fingerprint density at radius 1 is 1.46 bits per heavy atom. The molecule has 0 amide bonds. The van der Waals surface area contributed by atoms with Crippen molar-refractivity contribution in [3.8, 4) is 0 Å². The van der Waals surface area contributed by atoms with Gasteiger partial charge in [0.05, 0.1) is 0 Å². The highest BCUT2D eigenvalue weighted by molar-refractivity contribution is 5.64. The first-order valence-electron chi connectivity index (χ1n) is 4.50. The lowest BCUT2D eigenvalue weighted by molar-refractivity contribution is 0.493. The minimum absolute atomic E-state index is 0.297. The van der Waals surface area contributed by atoms with Gasteiger partial charge in [-0.05, 0) is 24.1 Å². The fraction of sp³-hybridized carbons (Fsp3) is 0.400. The number of fused-ring (bicyclic) bond motifs is 1. The van der Waals surface area contributed by atoms with Gasteiger partial charge in [-0.3, -0.25) is 0 Å². The summed E-state index contributed by atoms with van der Waals surface area (Å²) < 4.78 is 12.2. The number of hydrogen-bond acceptors (Lipinski definition) is 2. The fourth-order valence-corrected chi connectivity index (χ4v) is 1.80. The van der Waals surface area contributed by atoms with E-state index in [4.69, 9.17) is 5.73 Å². The van der Waals surface area contributed by atoms with E-state index in [-0.39, 0.29) is 6.67 Å². The molecule has 1 heterocycles. The third kappa shape index (κ3) is 1.46. The van der Waals surface area contributed by atoms with Crippen molar-refractivity contribution in [3.05, 3.63) is 23.8 Å². The number of anilines is 2. The van der Waals surface area contributed by atoms with Crippen LogP contribution in [0, 0.1) is 0 Å². The molecule has 70 valence electrons. The van der Waals surface area contributed by atoms with Crippen molar-refractivity contribution in [2.24, 2.45) is 0 Å². The maximum Gasteiger partial charge on any atom is 0.107 e. The molecule has 0 unspecified atom stereocenters. The average molecular weight is 180 g/mol. The van der Waals surface area contributed by atoms with Crippen LogP contribution in [0.25, 0.3) is 0 Å². The quantitative estimate of drug-likeness (QED) is 0.700. The van der Waals surface area contributed by atoms with Gasteiger partial charge in [0.15, 0.2) is 0 Å². The molecule has 0 atom stereocenters. The molecule has 1 aliphatic heterocycles. The zero-order valence-corrected chi connectivity index (χ0v) is 7.46. The minimum atomic E-state index is -0.297. The summed E-state index contributed by atoms with van der Waals surface area (Å²) in [6.45, 7) is 1.10. The number of benzene rings is 1. The van der Waals surface area contributed by atoms with Gasteiger partial charge < -0.3 is 10.6 Å². The van der Waals surface area contributed by atoms with E-state index in [1.165, 1.54) is 5.56 Å². The van der Waals surface area contributed by atoms with Crippen molar-refractivity contribution >= 4 is 11.4 Å². The zero-order valence-electron chi connectivity index (χ0n) is 7.46. The van der Waals surface area contributed by atoms with E-state index in [0.29, 0.717) is 6.54 Å². The molecule has 0 spiro atoms. The molecule has 3 heteroatoms. The summed E-state index contributed by atoms with van der Waals surface area (Å²) >= 11 is 0. The van der Waals surface area contributed by atoms with Gasteiger partial charge in [0.2, 0.25) is 0 Å². The van der Waals surface area contributed by atoms with E-state index in [2.05, 4.69) is 0 Å². The van der Waals surface area contributed by atoms with Gasteiger partial charge in [0.25, 0.3) is 0 Å². The van der Waals surface area contributed by atoms with Crippen LogP contribution >= 0.6 is 0 Å². The Kier molecular flexibility index (Phi) is 2.08. The molecule has 0 aliphatic carbocycles. The van der Waals surface area contributed by atoms with E-state index in [1.54, 1.807) is 0 Å². The molecule has 0 bridgehead atoms. The fourth-order valence-electron chi connectivity index (χ4n) is 1.80. The molecule has 2 nitrogen and oxygen atoms in total. The number of hydrogen-bond donors (Lipinski definition) is 1. The number of alkyl halides is 1. The second-order valence-electron chi connectivity index (χ2n) is 3.31. The highest BCUT2D eigenvalue weighted by atomic mass is 19.1. The van der Waals surface area contributed by atoms with E-state index in [0.717, 1.165) is 24.3 Å². The summed E-state index contributed by atoms with van der Waals surface area (Å²) in [7, 11) is 0. The first-order valence-corrected chi connectivity index (χ1v) is 4.50. The third-order valence-corrected chi connectivity index (χ3v) is 2.46. The van der Waals surface area contributed by atoms with Gasteiger partial charge >= 0.3 is 0 Å². The normalized spacial score (nSPS) is 14.7. The van der Waals surface area contributed by atoms with E-state index in [9.17, 15) is 4.39 Å². The van der Waals surface area contributed by atoms with E-state index < -0.39 is 0 Å². The Labute approximate surface area is 77.2 Å². The Bertz CT molecular complexity index is 310. The van der Waals surface area contributed by atoms with E-state index in [1.807, 2.05) is 23.1 Å². The van der Waals surface area contributed by atoms with Crippen LogP contribution in [0.1, 0.15) is 5.56 Å². The lowest BCUT2D eigenvalue weighted by Crippen LogP contribution is -2.22. The summed E-state index contributed by atoms with van der Waals surface area (Å²) in [6.07, 6.45) is 1.01. The zero-order chi connectivity index (χ0) is 9.26. The van der Waals surface area contributed by atoms with Crippen molar-refractivity contribution in [1.82, 2.24) is 0 Å². The summed E-state index contributed by atoms with van der Waals surface area (Å²) in [5.74, 6) is 0. The number of nitrogens with zero attached hydrogens (tertiary/aromatic N) is 1. The van der Waals surface area contributed by atoms with Crippen molar-refractivity contribution in [1.29, 1.82) is 0 Å². The molecule has 1 aromatic carbocycles. The SMILES string of the molecule is Nc1ccc2c(c1)N(CCF)CC2. The molecular formula is C10H13FN2. The van der Waals surface area contributed by atoms with Gasteiger partial charge in [-0.15, -0.1) is 0 Å². The topological polar surface area (TPSA) is 29.3 Å². The van der Waals surface area contributed by atoms with Crippen molar-refractivity contribution < 1.29 is 4.39 Å². The molecule has 1 aromatic rings. The largest absolute Gasteiger partial charge is 0.399 e. The third-order valence-electron chi connectivity index (χ3n) is 2.46. The molecular weight excluding hydrogens is 167 g/mol. The number of nitrogens with two attached hydrogens (primary N) is 1. The van der Waals surface area contributed by atoms with Crippen LogP contribution in [0.4, 0.5) is 15.8 Å². The van der Waals surface area contributed by atoms with Gasteiger partial charge in [0, 0.05) is 24.5 Å². The monoisotopic (exact) mass is 180 g/mol. The molecule has 2 rings (SSSR count). The predicted octanol–water partition coefficient (Wildman–Crippen LogP) is 1.60. The Hall–Kier alpha value is -1.25. The van der Waals surface area contributed by atoms with Crippen LogP contribution < -0.4 is 10.6 Å². The first-order chi connectivity index (χ1) is 6.31. The van der Waals surface area contributed by atoms with Crippen LogP contribution in [-0.4, -0.2) is 19.8 Å². The maximum atomic E-state index is 12.2. The molecule has 0 saturated carbocycles. The minimum Gasteiger partial charge on any atom is -0.399 e.